The Bertz CT molecular complexity index is 914. The van der Waals surface area contributed by atoms with E-state index >= 15 is 0 Å². The molecule has 0 amide bonds. The monoisotopic (exact) mass is 350 g/mol. The highest BCUT2D eigenvalue weighted by molar-refractivity contribution is 6.31. The average molecular weight is 351 g/mol. The van der Waals surface area contributed by atoms with Crippen LogP contribution in [0.25, 0.3) is 10.9 Å². The van der Waals surface area contributed by atoms with Gasteiger partial charge in [0, 0.05) is 28.2 Å². The molecule has 2 nitrogen and oxygen atoms in total. The molecule has 0 fully saturated rings. The fourth-order valence-electron chi connectivity index (χ4n) is 3.38. The van der Waals surface area contributed by atoms with E-state index in [-0.39, 0.29) is 6.04 Å². The predicted octanol–water partition coefficient (Wildman–Crippen LogP) is 5.08. The van der Waals surface area contributed by atoms with E-state index in [2.05, 4.69) is 10.3 Å². The molecule has 0 radical (unpaired) electrons. The van der Waals surface area contributed by atoms with Gasteiger partial charge in [0.1, 0.15) is 0 Å². The smallest absolute Gasteiger partial charge is 0.357 e. The lowest BCUT2D eigenvalue weighted by Crippen LogP contribution is -2.30. The number of H-pyrrole nitrogens is 1. The summed E-state index contributed by atoms with van der Waals surface area (Å²) in [6.07, 6.45) is -3.54. The van der Waals surface area contributed by atoms with Crippen LogP contribution >= 0.6 is 11.6 Å². The van der Waals surface area contributed by atoms with Crippen molar-refractivity contribution in [3.05, 3.63) is 69.9 Å². The van der Waals surface area contributed by atoms with Gasteiger partial charge in [0.15, 0.2) is 0 Å². The van der Waals surface area contributed by atoms with Crippen molar-refractivity contribution >= 4 is 22.5 Å². The maximum atomic E-state index is 13.0. The molecule has 0 spiro atoms. The third-order valence-electron chi connectivity index (χ3n) is 4.46. The van der Waals surface area contributed by atoms with E-state index in [0.717, 1.165) is 34.6 Å². The molecule has 0 bridgehead atoms. The van der Waals surface area contributed by atoms with Crippen LogP contribution in [0, 0.1) is 0 Å². The number of halogens is 4. The van der Waals surface area contributed by atoms with Gasteiger partial charge in [-0.3, -0.25) is 0 Å². The first-order valence-corrected chi connectivity index (χ1v) is 8.02. The molecule has 1 aliphatic rings. The van der Waals surface area contributed by atoms with Crippen LogP contribution in [0.2, 0.25) is 5.02 Å². The van der Waals surface area contributed by atoms with Crippen LogP contribution in [0.1, 0.15) is 28.4 Å². The molecule has 0 saturated carbocycles. The Labute approximate surface area is 141 Å². The fraction of sp³-hybridized carbons (Fsp3) is 0.222. The van der Waals surface area contributed by atoms with Gasteiger partial charge < -0.3 is 10.3 Å². The SMILES string of the molecule is FC(F)(F)c1cccc(C2NCCc3c2[nH]c2ccc(Cl)cc32)c1. The van der Waals surface area contributed by atoms with Crippen molar-refractivity contribution in [3.8, 4) is 0 Å². The van der Waals surface area contributed by atoms with Crippen LogP contribution in [0.15, 0.2) is 42.5 Å². The van der Waals surface area contributed by atoms with Gasteiger partial charge in [-0.15, -0.1) is 0 Å². The second-order valence-corrected chi connectivity index (χ2v) is 6.40. The maximum Gasteiger partial charge on any atom is 0.416 e. The number of hydrogen-bond acceptors (Lipinski definition) is 1. The van der Waals surface area contributed by atoms with E-state index < -0.39 is 11.7 Å². The number of aromatic amines is 1. The Kier molecular flexibility index (Phi) is 3.58. The van der Waals surface area contributed by atoms with Crippen molar-refractivity contribution in [3.63, 3.8) is 0 Å². The van der Waals surface area contributed by atoms with Gasteiger partial charge in [-0.05, 0) is 47.9 Å². The zero-order valence-electron chi connectivity index (χ0n) is 12.5. The second-order valence-electron chi connectivity index (χ2n) is 5.97. The number of fused-ring (bicyclic) bond motifs is 3. The summed E-state index contributed by atoms with van der Waals surface area (Å²) in [4.78, 5) is 3.35. The Balaban J connectivity index is 1.84. The van der Waals surface area contributed by atoms with Crippen LogP contribution in [0.3, 0.4) is 0 Å². The van der Waals surface area contributed by atoms with Crippen LogP contribution in [-0.4, -0.2) is 11.5 Å². The van der Waals surface area contributed by atoms with E-state index in [0.29, 0.717) is 17.1 Å². The highest BCUT2D eigenvalue weighted by Crippen LogP contribution is 2.36. The summed E-state index contributed by atoms with van der Waals surface area (Å²) < 4.78 is 39.0. The van der Waals surface area contributed by atoms with Crippen LogP contribution in [0.5, 0.6) is 0 Å². The number of nitrogens with one attached hydrogen (secondary N) is 2. The zero-order chi connectivity index (χ0) is 16.9. The number of rotatable bonds is 1. The third kappa shape index (κ3) is 2.58. The Hall–Kier alpha value is -1.98. The van der Waals surface area contributed by atoms with Crippen molar-refractivity contribution in [1.82, 2.24) is 10.3 Å². The largest absolute Gasteiger partial charge is 0.416 e. The van der Waals surface area contributed by atoms with Gasteiger partial charge in [0.2, 0.25) is 0 Å². The molecule has 2 heterocycles. The first-order valence-electron chi connectivity index (χ1n) is 7.64. The molecule has 2 N–H and O–H groups in total. The molecule has 1 aliphatic heterocycles. The summed E-state index contributed by atoms with van der Waals surface area (Å²) >= 11 is 6.09. The molecule has 4 rings (SSSR count). The Morgan fingerprint density at radius 2 is 1.92 bits per heavy atom. The summed E-state index contributed by atoms with van der Waals surface area (Å²) in [6, 6.07) is 10.8. The number of hydrogen-bond donors (Lipinski definition) is 2. The first-order chi connectivity index (χ1) is 11.4. The third-order valence-corrected chi connectivity index (χ3v) is 4.70. The van der Waals surface area contributed by atoms with E-state index in [1.165, 1.54) is 12.1 Å². The number of benzene rings is 2. The molecule has 124 valence electrons. The van der Waals surface area contributed by atoms with Crippen LogP contribution in [-0.2, 0) is 12.6 Å². The molecule has 6 heteroatoms. The summed E-state index contributed by atoms with van der Waals surface area (Å²) in [7, 11) is 0. The molecule has 0 aliphatic carbocycles. The van der Waals surface area contributed by atoms with E-state index in [4.69, 9.17) is 11.6 Å². The van der Waals surface area contributed by atoms with Gasteiger partial charge in [0.25, 0.3) is 0 Å². The zero-order valence-corrected chi connectivity index (χ0v) is 13.3. The van der Waals surface area contributed by atoms with Crippen LogP contribution in [0.4, 0.5) is 13.2 Å². The minimum Gasteiger partial charge on any atom is -0.357 e. The van der Waals surface area contributed by atoms with Crippen molar-refractivity contribution in [2.45, 2.75) is 18.6 Å². The fourth-order valence-corrected chi connectivity index (χ4v) is 3.55. The van der Waals surface area contributed by atoms with Gasteiger partial charge in [-0.25, -0.2) is 0 Å². The van der Waals surface area contributed by atoms with Gasteiger partial charge in [-0.1, -0.05) is 23.7 Å². The summed E-state index contributed by atoms with van der Waals surface area (Å²) in [5, 5.41) is 5.00. The van der Waals surface area contributed by atoms with Crippen LogP contribution < -0.4 is 5.32 Å². The highest BCUT2D eigenvalue weighted by atomic mass is 35.5. The normalized spacial score (nSPS) is 17.9. The molecule has 3 aromatic rings. The maximum absolute atomic E-state index is 13.0. The molecule has 2 aromatic carbocycles. The van der Waals surface area contributed by atoms with Gasteiger partial charge in [0.05, 0.1) is 11.6 Å². The predicted molar refractivity (Wildman–Crippen MR) is 88.3 cm³/mol. The summed E-state index contributed by atoms with van der Waals surface area (Å²) in [5.74, 6) is 0. The lowest BCUT2D eigenvalue weighted by atomic mass is 9.93. The molecular weight excluding hydrogens is 337 g/mol. The molecule has 0 saturated heterocycles. The minimum absolute atomic E-state index is 0.290. The van der Waals surface area contributed by atoms with E-state index in [1.54, 1.807) is 12.1 Å². The first kappa shape index (κ1) is 15.5. The van der Waals surface area contributed by atoms with Gasteiger partial charge >= 0.3 is 6.18 Å². The van der Waals surface area contributed by atoms with E-state index in [9.17, 15) is 13.2 Å². The van der Waals surface area contributed by atoms with Crippen molar-refractivity contribution in [2.24, 2.45) is 0 Å². The number of aromatic nitrogens is 1. The molecular formula is C18H14ClF3N2. The Morgan fingerprint density at radius 3 is 2.71 bits per heavy atom. The van der Waals surface area contributed by atoms with Crippen molar-refractivity contribution in [1.29, 1.82) is 0 Å². The molecule has 24 heavy (non-hydrogen) atoms. The van der Waals surface area contributed by atoms with Crippen molar-refractivity contribution < 1.29 is 13.2 Å². The lowest BCUT2D eigenvalue weighted by Gasteiger charge is -2.25. The molecule has 1 unspecified atom stereocenters. The lowest BCUT2D eigenvalue weighted by molar-refractivity contribution is -0.137. The molecule has 1 atom stereocenters. The minimum atomic E-state index is -4.35. The highest BCUT2D eigenvalue weighted by Gasteiger charge is 2.32. The summed E-state index contributed by atoms with van der Waals surface area (Å²) in [5.41, 5.74) is 2.95. The standard InChI is InChI=1S/C18H14ClF3N2/c19-12-4-5-15-14(9-12)13-6-7-23-16(17(13)24-15)10-2-1-3-11(8-10)18(20,21)22/h1-5,8-9,16,23-24H,6-7H2. The van der Waals surface area contributed by atoms with Gasteiger partial charge in [-0.2, -0.15) is 13.2 Å². The topological polar surface area (TPSA) is 27.8 Å². The Morgan fingerprint density at radius 1 is 1.08 bits per heavy atom. The van der Waals surface area contributed by atoms with E-state index in [1.807, 2.05) is 12.1 Å². The second kappa shape index (κ2) is 5.53. The average Bonchev–Trinajstić information content (AvgIpc) is 2.92. The summed E-state index contributed by atoms with van der Waals surface area (Å²) in [6.45, 7) is 0.702. The number of alkyl halides is 3. The van der Waals surface area contributed by atoms with Crippen molar-refractivity contribution in [2.75, 3.05) is 6.54 Å². The quantitative estimate of drug-likeness (QED) is 0.629. The molecule has 1 aromatic heterocycles.